The van der Waals surface area contributed by atoms with E-state index in [1.54, 1.807) is 20.3 Å². The number of carbonyl (C=O) groups excluding carboxylic acids is 1. The average molecular weight is 485 g/mol. The van der Waals surface area contributed by atoms with Crippen molar-refractivity contribution in [1.82, 2.24) is 20.4 Å². The molecule has 1 amide bonds. The zero-order valence-electron chi connectivity index (χ0n) is 19.6. The van der Waals surface area contributed by atoms with E-state index in [0.717, 1.165) is 37.1 Å². The van der Waals surface area contributed by atoms with Crippen molar-refractivity contribution in [2.24, 2.45) is 5.92 Å². The van der Waals surface area contributed by atoms with E-state index >= 15 is 0 Å². The summed E-state index contributed by atoms with van der Waals surface area (Å²) in [6, 6.07) is 12.9. The Labute approximate surface area is 204 Å². The van der Waals surface area contributed by atoms with E-state index in [2.05, 4.69) is 20.4 Å². The molecule has 0 radical (unpaired) electrons. The average Bonchev–Trinajstić information content (AvgIpc) is 3.32. The standard InChI is InChI=1S/C25H29ClN4O4/c1-16(18-7-8-21(32-2)22(14-18)33-3)27-25(31)17-9-11-30(12-10-17)15-23-28-24(29-34-23)19-5-4-6-20(26)13-19/h4-8,13-14,16-17H,9-12,15H2,1-3H3,(H,27,31). The summed E-state index contributed by atoms with van der Waals surface area (Å²) >= 11 is 6.05. The van der Waals surface area contributed by atoms with Crippen molar-refractivity contribution >= 4 is 17.5 Å². The van der Waals surface area contributed by atoms with Crippen molar-refractivity contribution in [3.05, 3.63) is 58.9 Å². The molecule has 1 aliphatic heterocycles. The van der Waals surface area contributed by atoms with Gasteiger partial charge in [0.25, 0.3) is 0 Å². The van der Waals surface area contributed by atoms with Gasteiger partial charge in [0.15, 0.2) is 11.5 Å². The van der Waals surface area contributed by atoms with Crippen LogP contribution >= 0.6 is 11.6 Å². The molecule has 4 rings (SSSR count). The molecule has 2 heterocycles. The molecule has 1 aromatic heterocycles. The van der Waals surface area contributed by atoms with Gasteiger partial charge >= 0.3 is 0 Å². The number of carbonyl (C=O) groups is 1. The Bertz CT molecular complexity index is 1130. The first-order valence-electron chi connectivity index (χ1n) is 11.3. The van der Waals surface area contributed by atoms with E-state index in [0.29, 0.717) is 34.8 Å². The lowest BCUT2D eigenvalue weighted by molar-refractivity contribution is -0.127. The van der Waals surface area contributed by atoms with Crippen LogP contribution in [0.25, 0.3) is 11.4 Å². The Morgan fingerprint density at radius 3 is 2.65 bits per heavy atom. The topological polar surface area (TPSA) is 89.7 Å². The summed E-state index contributed by atoms with van der Waals surface area (Å²) in [6.45, 7) is 4.11. The number of aromatic nitrogens is 2. The fourth-order valence-electron chi connectivity index (χ4n) is 4.15. The van der Waals surface area contributed by atoms with Gasteiger partial charge in [0, 0.05) is 16.5 Å². The predicted octanol–water partition coefficient (Wildman–Crippen LogP) is 4.50. The lowest BCUT2D eigenvalue weighted by Crippen LogP contribution is -2.40. The van der Waals surface area contributed by atoms with Crippen LogP contribution in [-0.4, -0.2) is 48.3 Å². The highest BCUT2D eigenvalue weighted by Gasteiger charge is 2.27. The summed E-state index contributed by atoms with van der Waals surface area (Å²) in [5.41, 5.74) is 1.79. The second kappa shape index (κ2) is 10.9. The number of hydrogen-bond donors (Lipinski definition) is 1. The van der Waals surface area contributed by atoms with E-state index in [1.165, 1.54) is 0 Å². The third-order valence-electron chi connectivity index (χ3n) is 6.13. The highest BCUT2D eigenvalue weighted by Crippen LogP contribution is 2.30. The maximum absolute atomic E-state index is 12.9. The second-order valence-corrected chi connectivity index (χ2v) is 8.85. The molecule has 34 heavy (non-hydrogen) atoms. The Morgan fingerprint density at radius 2 is 1.94 bits per heavy atom. The first-order valence-corrected chi connectivity index (χ1v) is 11.7. The molecule has 0 saturated carbocycles. The molecule has 0 aliphatic carbocycles. The lowest BCUT2D eigenvalue weighted by atomic mass is 9.95. The van der Waals surface area contributed by atoms with Crippen LogP contribution in [0.3, 0.4) is 0 Å². The molecule has 9 heteroatoms. The zero-order valence-corrected chi connectivity index (χ0v) is 20.3. The van der Waals surface area contributed by atoms with Gasteiger partial charge in [-0.25, -0.2) is 0 Å². The van der Waals surface area contributed by atoms with Crippen LogP contribution < -0.4 is 14.8 Å². The first kappa shape index (κ1) is 24.0. The van der Waals surface area contributed by atoms with Gasteiger partial charge in [-0.1, -0.05) is 35.0 Å². The van der Waals surface area contributed by atoms with Crippen LogP contribution in [0.15, 0.2) is 47.0 Å². The van der Waals surface area contributed by atoms with Gasteiger partial charge in [0.05, 0.1) is 26.8 Å². The van der Waals surface area contributed by atoms with Gasteiger partial charge in [0.1, 0.15) is 0 Å². The molecule has 8 nitrogen and oxygen atoms in total. The zero-order chi connectivity index (χ0) is 24.1. The number of methoxy groups -OCH3 is 2. The summed E-state index contributed by atoms with van der Waals surface area (Å²) in [6.07, 6.45) is 1.56. The van der Waals surface area contributed by atoms with Crippen LogP contribution in [0.4, 0.5) is 0 Å². The van der Waals surface area contributed by atoms with Crippen LogP contribution in [-0.2, 0) is 11.3 Å². The molecule has 1 unspecified atom stereocenters. The molecule has 0 spiro atoms. The van der Waals surface area contributed by atoms with Crippen molar-refractivity contribution < 1.29 is 18.8 Å². The quantitative estimate of drug-likeness (QED) is 0.503. The Balaban J connectivity index is 1.28. The Kier molecular flexibility index (Phi) is 7.70. The van der Waals surface area contributed by atoms with E-state index in [4.69, 9.17) is 25.6 Å². The lowest BCUT2D eigenvalue weighted by Gasteiger charge is -2.31. The van der Waals surface area contributed by atoms with Gasteiger partial charge in [0.2, 0.25) is 17.6 Å². The fourth-order valence-corrected chi connectivity index (χ4v) is 4.34. The van der Waals surface area contributed by atoms with E-state index in [9.17, 15) is 4.79 Å². The highest BCUT2D eigenvalue weighted by molar-refractivity contribution is 6.30. The van der Waals surface area contributed by atoms with Crippen LogP contribution in [0.2, 0.25) is 5.02 Å². The number of likely N-dealkylation sites (tertiary alicyclic amines) is 1. The van der Waals surface area contributed by atoms with Crippen molar-refractivity contribution in [2.45, 2.75) is 32.4 Å². The number of nitrogens with one attached hydrogen (secondary N) is 1. The fraction of sp³-hybridized carbons (Fsp3) is 0.400. The number of nitrogens with zero attached hydrogens (tertiary/aromatic N) is 3. The van der Waals surface area contributed by atoms with Gasteiger partial charge in [-0.2, -0.15) is 4.98 Å². The SMILES string of the molecule is COc1ccc(C(C)NC(=O)C2CCN(Cc3nc(-c4cccc(Cl)c4)no3)CC2)cc1OC. The highest BCUT2D eigenvalue weighted by atomic mass is 35.5. The number of halogens is 1. The monoisotopic (exact) mass is 484 g/mol. The van der Waals surface area contributed by atoms with Crippen molar-refractivity contribution in [2.75, 3.05) is 27.3 Å². The maximum atomic E-state index is 12.9. The number of piperidine rings is 1. The van der Waals surface area contributed by atoms with E-state index in [-0.39, 0.29) is 17.9 Å². The normalized spacial score (nSPS) is 15.6. The van der Waals surface area contributed by atoms with Crippen molar-refractivity contribution in [3.63, 3.8) is 0 Å². The Hall–Kier alpha value is -3.10. The van der Waals surface area contributed by atoms with Gasteiger partial charge in [-0.15, -0.1) is 0 Å². The first-order chi connectivity index (χ1) is 16.5. The molecule has 3 aromatic rings. The van der Waals surface area contributed by atoms with Gasteiger partial charge in [-0.05, 0) is 62.7 Å². The number of hydrogen-bond acceptors (Lipinski definition) is 7. The Morgan fingerprint density at radius 1 is 1.18 bits per heavy atom. The van der Waals surface area contributed by atoms with Gasteiger partial charge in [-0.3, -0.25) is 9.69 Å². The minimum Gasteiger partial charge on any atom is -0.493 e. The molecular formula is C25H29ClN4O4. The minimum atomic E-state index is -0.131. The third-order valence-corrected chi connectivity index (χ3v) is 6.37. The van der Waals surface area contributed by atoms with E-state index < -0.39 is 0 Å². The number of amides is 1. The molecule has 1 fully saturated rings. The van der Waals surface area contributed by atoms with Crippen LogP contribution in [0, 0.1) is 5.92 Å². The number of rotatable bonds is 8. The molecule has 1 aliphatic rings. The molecule has 0 bridgehead atoms. The smallest absolute Gasteiger partial charge is 0.241 e. The van der Waals surface area contributed by atoms with Gasteiger partial charge < -0.3 is 19.3 Å². The summed E-state index contributed by atoms with van der Waals surface area (Å²) in [4.78, 5) is 19.6. The van der Waals surface area contributed by atoms with Crippen LogP contribution in [0.5, 0.6) is 11.5 Å². The van der Waals surface area contributed by atoms with Crippen LogP contribution in [0.1, 0.15) is 37.3 Å². The van der Waals surface area contributed by atoms with E-state index in [1.807, 2.05) is 43.3 Å². The largest absolute Gasteiger partial charge is 0.493 e. The molecule has 1 atom stereocenters. The third kappa shape index (κ3) is 5.69. The number of ether oxygens (including phenoxy) is 2. The predicted molar refractivity (Wildman–Crippen MR) is 129 cm³/mol. The second-order valence-electron chi connectivity index (χ2n) is 8.42. The van der Waals surface area contributed by atoms with Crippen molar-refractivity contribution in [1.29, 1.82) is 0 Å². The molecular weight excluding hydrogens is 456 g/mol. The minimum absolute atomic E-state index is 0.0245. The van der Waals surface area contributed by atoms with Crippen molar-refractivity contribution in [3.8, 4) is 22.9 Å². The summed E-state index contributed by atoms with van der Waals surface area (Å²) in [7, 11) is 3.21. The summed E-state index contributed by atoms with van der Waals surface area (Å²) in [5.74, 6) is 2.44. The molecule has 1 saturated heterocycles. The maximum Gasteiger partial charge on any atom is 0.241 e. The molecule has 2 aromatic carbocycles. The molecule has 180 valence electrons. The summed E-state index contributed by atoms with van der Waals surface area (Å²) in [5, 5.41) is 7.84. The molecule has 1 N–H and O–H groups in total. The number of benzene rings is 2. The summed E-state index contributed by atoms with van der Waals surface area (Å²) < 4.78 is 16.1.